The van der Waals surface area contributed by atoms with E-state index in [1.54, 1.807) is 50.2 Å². The van der Waals surface area contributed by atoms with Gasteiger partial charge in [0.15, 0.2) is 0 Å². The highest BCUT2D eigenvalue weighted by atomic mass is 32.2. The molecular weight excluding hydrogens is 366 g/mol. The van der Waals surface area contributed by atoms with Gasteiger partial charge in [0, 0.05) is 23.8 Å². The van der Waals surface area contributed by atoms with Gasteiger partial charge >= 0.3 is 0 Å². The van der Waals surface area contributed by atoms with Crippen LogP contribution in [0, 0.1) is 12.8 Å². The molecule has 0 fully saturated rings. The van der Waals surface area contributed by atoms with Crippen molar-refractivity contribution in [1.82, 2.24) is 0 Å². The average molecular weight is 391 g/mol. The van der Waals surface area contributed by atoms with Crippen molar-refractivity contribution in [3.05, 3.63) is 48.0 Å². The van der Waals surface area contributed by atoms with Gasteiger partial charge in [0.2, 0.25) is 5.91 Å². The Morgan fingerprint density at radius 3 is 2.37 bits per heavy atom. The summed E-state index contributed by atoms with van der Waals surface area (Å²) in [6.07, 6.45) is 0. The number of anilines is 2. The lowest BCUT2D eigenvalue weighted by atomic mass is 10.1. The van der Waals surface area contributed by atoms with Crippen molar-refractivity contribution in [2.24, 2.45) is 11.7 Å². The molecule has 0 radical (unpaired) electrons. The summed E-state index contributed by atoms with van der Waals surface area (Å²) in [4.78, 5) is 12.1. The Bertz CT molecular complexity index is 896. The van der Waals surface area contributed by atoms with Crippen molar-refractivity contribution in [3.63, 3.8) is 0 Å². The van der Waals surface area contributed by atoms with E-state index in [1.807, 2.05) is 6.92 Å². The molecule has 8 heteroatoms. The van der Waals surface area contributed by atoms with E-state index in [-0.39, 0.29) is 23.3 Å². The number of hydrogen-bond donors (Lipinski definition) is 3. The number of rotatable bonds is 8. The molecule has 0 aliphatic carbocycles. The summed E-state index contributed by atoms with van der Waals surface area (Å²) in [7, 11) is -3.82. The smallest absolute Gasteiger partial charge is 0.262 e. The molecule has 146 valence electrons. The van der Waals surface area contributed by atoms with Crippen LogP contribution in [0.2, 0.25) is 0 Å². The van der Waals surface area contributed by atoms with Crippen LogP contribution in [0.25, 0.3) is 0 Å². The molecule has 27 heavy (non-hydrogen) atoms. The molecule has 0 aromatic heterocycles. The molecular formula is C19H25N3O4S. The third kappa shape index (κ3) is 5.45. The van der Waals surface area contributed by atoms with Crippen LogP contribution in [0.3, 0.4) is 0 Å². The molecule has 0 saturated carbocycles. The number of sulfonamides is 1. The van der Waals surface area contributed by atoms with Gasteiger partial charge < -0.3 is 15.8 Å². The molecule has 1 amide bonds. The lowest BCUT2D eigenvalue weighted by Gasteiger charge is -2.14. The topological polar surface area (TPSA) is 111 Å². The Hall–Kier alpha value is -2.58. The quantitative estimate of drug-likeness (QED) is 0.641. The van der Waals surface area contributed by atoms with Crippen LogP contribution in [0.5, 0.6) is 5.75 Å². The van der Waals surface area contributed by atoms with E-state index in [2.05, 4.69) is 10.0 Å². The number of carbonyl (C=O) groups is 1. The number of nitrogens with two attached hydrogens (primary N) is 1. The lowest BCUT2D eigenvalue weighted by molar-refractivity contribution is -0.119. The van der Waals surface area contributed by atoms with E-state index in [9.17, 15) is 13.2 Å². The summed E-state index contributed by atoms with van der Waals surface area (Å²) in [5.41, 5.74) is 6.88. The minimum absolute atomic E-state index is 0.0922. The van der Waals surface area contributed by atoms with Crippen LogP contribution >= 0.6 is 0 Å². The first-order valence-electron chi connectivity index (χ1n) is 8.64. The Morgan fingerprint density at radius 2 is 1.78 bits per heavy atom. The van der Waals surface area contributed by atoms with Crippen molar-refractivity contribution in [1.29, 1.82) is 0 Å². The highest BCUT2D eigenvalue weighted by Crippen LogP contribution is 2.24. The fraction of sp³-hybridized carbons (Fsp3) is 0.316. The lowest BCUT2D eigenvalue weighted by Crippen LogP contribution is -2.26. The molecule has 2 aromatic carbocycles. The van der Waals surface area contributed by atoms with Gasteiger partial charge in [0.05, 0.1) is 11.5 Å². The second-order valence-corrected chi connectivity index (χ2v) is 7.82. The molecule has 0 aliphatic rings. The number of benzene rings is 2. The molecule has 1 unspecified atom stereocenters. The molecule has 2 aromatic rings. The van der Waals surface area contributed by atoms with Crippen LogP contribution in [0.15, 0.2) is 47.4 Å². The SMILES string of the molecule is CCOc1ccc(NS(=O)(=O)c2cc(NC(=O)C(C)CN)ccc2C)cc1. The maximum absolute atomic E-state index is 12.8. The second kappa shape index (κ2) is 8.88. The molecule has 0 bridgehead atoms. The van der Waals surface area contributed by atoms with Crippen LogP contribution in [-0.2, 0) is 14.8 Å². The fourth-order valence-electron chi connectivity index (χ4n) is 2.34. The number of hydrogen-bond acceptors (Lipinski definition) is 5. The predicted molar refractivity (Wildman–Crippen MR) is 106 cm³/mol. The molecule has 4 N–H and O–H groups in total. The van der Waals surface area contributed by atoms with E-state index in [1.165, 1.54) is 6.07 Å². The Labute approximate surface area is 160 Å². The normalized spacial score (nSPS) is 12.3. The van der Waals surface area contributed by atoms with Crippen LogP contribution in [0.4, 0.5) is 11.4 Å². The van der Waals surface area contributed by atoms with Crippen molar-refractivity contribution < 1.29 is 17.9 Å². The molecule has 0 spiro atoms. The number of aryl methyl sites for hydroxylation is 1. The van der Waals surface area contributed by atoms with Crippen molar-refractivity contribution in [2.75, 3.05) is 23.2 Å². The van der Waals surface area contributed by atoms with Crippen molar-refractivity contribution in [2.45, 2.75) is 25.7 Å². The fourth-order valence-corrected chi connectivity index (χ4v) is 3.67. The molecule has 1 atom stereocenters. The second-order valence-electron chi connectivity index (χ2n) is 6.17. The first kappa shape index (κ1) is 20.7. The molecule has 0 saturated heterocycles. The first-order valence-corrected chi connectivity index (χ1v) is 10.1. The number of amides is 1. The Balaban J connectivity index is 2.24. The summed E-state index contributed by atoms with van der Waals surface area (Å²) in [6.45, 7) is 6.02. The van der Waals surface area contributed by atoms with Gasteiger partial charge in [-0.2, -0.15) is 0 Å². The minimum Gasteiger partial charge on any atom is -0.494 e. The third-order valence-corrected chi connectivity index (χ3v) is 5.49. The summed E-state index contributed by atoms with van der Waals surface area (Å²) in [5.74, 6) is 0.0351. The molecule has 2 rings (SSSR count). The highest BCUT2D eigenvalue weighted by molar-refractivity contribution is 7.92. The molecule has 0 heterocycles. The molecule has 7 nitrogen and oxygen atoms in total. The number of ether oxygens (including phenoxy) is 1. The largest absolute Gasteiger partial charge is 0.494 e. The van der Waals surface area contributed by atoms with Gasteiger partial charge in [-0.15, -0.1) is 0 Å². The van der Waals surface area contributed by atoms with E-state index >= 15 is 0 Å². The zero-order valence-corrected chi connectivity index (χ0v) is 16.5. The van der Waals surface area contributed by atoms with Crippen LogP contribution in [0.1, 0.15) is 19.4 Å². The van der Waals surface area contributed by atoms with E-state index in [0.717, 1.165) is 0 Å². The van der Waals surface area contributed by atoms with Crippen molar-refractivity contribution >= 4 is 27.3 Å². The van der Waals surface area contributed by atoms with Gasteiger partial charge in [-0.25, -0.2) is 8.42 Å². The van der Waals surface area contributed by atoms with Crippen molar-refractivity contribution in [3.8, 4) is 5.75 Å². The average Bonchev–Trinajstić information content (AvgIpc) is 2.64. The summed E-state index contributed by atoms with van der Waals surface area (Å²) in [5, 5.41) is 2.69. The van der Waals surface area contributed by atoms with Gasteiger partial charge in [-0.1, -0.05) is 13.0 Å². The zero-order chi connectivity index (χ0) is 20.0. The molecule has 0 aliphatic heterocycles. The highest BCUT2D eigenvalue weighted by Gasteiger charge is 2.19. The summed E-state index contributed by atoms with van der Waals surface area (Å²) < 4.78 is 33.5. The van der Waals surface area contributed by atoms with Gasteiger partial charge in [-0.3, -0.25) is 9.52 Å². The van der Waals surface area contributed by atoms with E-state index in [4.69, 9.17) is 10.5 Å². The summed E-state index contributed by atoms with van der Waals surface area (Å²) in [6, 6.07) is 11.4. The monoisotopic (exact) mass is 391 g/mol. The Kier molecular flexibility index (Phi) is 6.81. The van der Waals surface area contributed by atoms with Gasteiger partial charge in [-0.05, 0) is 55.8 Å². The standard InChI is InChI=1S/C19H25N3O4S/c1-4-26-17-9-7-15(8-10-17)22-27(24,25)18-11-16(6-5-13(18)2)21-19(23)14(3)12-20/h5-11,14,22H,4,12,20H2,1-3H3,(H,21,23). The first-order chi connectivity index (χ1) is 12.8. The minimum atomic E-state index is -3.82. The summed E-state index contributed by atoms with van der Waals surface area (Å²) >= 11 is 0. The van der Waals surface area contributed by atoms with E-state index in [0.29, 0.717) is 29.3 Å². The van der Waals surface area contributed by atoms with E-state index < -0.39 is 10.0 Å². The number of carbonyl (C=O) groups excluding carboxylic acids is 1. The predicted octanol–water partition coefficient (Wildman–Crippen LogP) is 2.73. The number of nitrogens with one attached hydrogen (secondary N) is 2. The van der Waals surface area contributed by atoms with Crippen LogP contribution < -0.4 is 20.5 Å². The Morgan fingerprint density at radius 1 is 1.15 bits per heavy atom. The zero-order valence-electron chi connectivity index (χ0n) is 15.7. The maximum Gasteiger partial charge on any atom is 0.262 e. The van der Waals surface area contributed by atoms with Gasteiger partial charge in [0.25, 0.3) is 10.0 Å². The maximum atomic E-state index is 12.8. The van der Waals surface area contributed by atoms with Gasteiger partial charge in [0.1, 0.15) is 5.75 Å². The third-order valence-electron chi connectivity index (χ3n) is 3.96. The van der Waals surface area contributed by atoms with Crippen LogP contribution in [-0.4, -0.2) is 27.5 Å².